The summed E-state index contributed by atoms with van der Waals surface area (Å²) in [6.07, 6.45) is -13.7. The molecule has 0 bridgehead atoms. The van der Waals surface area contributed by atoms with Crippen molar-refractivity contribution >= 4 is 5.97 Å². The van der Waals surface area contributed by atoms with Crippen molar-refractivity contribution in [2.45, 2.75) is 56.7 Å². The number of rotatable bonds is 4. The zero-order valence-electron chi connectivity index (χ0n) is 10.5. The summed E-state index contributed by atoms with van der Waals surface area (Å²) in [4.78, 5) is 11.1. The molecular formula is C11H14F6O3. The number of alkyl halides is 6. The zero-order chi connectivity index (χ0) is 15.8. The fourth-order valence-electron chi connectivity index (χ4n) is 2.35. The first-order chi connectivity index (χ1) is 8.99. The molecule has 0 aromatic heterocycles. The third kappa shape index (κ3) is 2.59. The van der Waals surface area contributed by atoms with Crippen molar-refractivity contribution in [3.8, 4) is 0 Å². The third-order valence-electron chi connectivity index (χ3n) is 3.37. The van der Waals surface area contributed by atoms with Crippen LogP contribution in [-0.4, -0.2) is 35.1 Å². The van der Waals surface area contributed by atoms with Gasteiger partial charge in [-0.3, -0.25) is 0 Å². The summed E-state index contributed by atoms with van der Waals surface area (Å²) in [5.41, 5.74) is -4.62. The van der Waals surface area contributed by atoms with E-state index in [0.717, 1.165) is 0 Å². The number of hydrogen-bond donors (Lipinski definition) is 1. The van der Waals surface area contributed by atoms with E-state index in [2.05, 4.69) is 4.74 Å². The standard InChI is InChI=1S/C11H14F6O3/c1-2-3-4-5-6-7(18)8(19)20-9(6,10(12,13)14)11(15,16)17/h6-7,18H,2-5H2,1H3/t6-,7+/m1/s1. The topological polar surface area (TPSA) is 46.5 Å². The van der Waals surface area contributed by atoms with E-state index in [1.54, 1.807) is 6.92 Å². The number of hydrogen-bond acceptors (Lipinski definition) is 3. The summed E-state index contributed by atoms with van der Waals surface area (Å²) < 4.78 is 81.1. The molecule has 118 valence electrons. The Kier molecular flexibility index (Phi) is 4.62. The molecule has 3 nitrogen and oxygen atoms in total. The normalized spacial score (nSPS) is 26.7. The molecule has 9 heteroatoms. The molecular weight excluding hydrogens is 294 g/mol. The molecule has 0 saturated carbocycles. The number of carbonyl (C=O) groups excluding carboxylic acids is 1. The van der Waals surface area contributed by atoms with Crippen LogP contribution in [0.5, 0.6) is 0 Å². The molecule has 2 atom stereocenters. The highest BCUT2D eigenvalue weighted by Gasteiger charge is 2.81. The fourth-order valence-corrected chi connectivity index (χ4v) is 2.35. The number of ether oxygens (including phenoxy) is 1. The number of halogens is 6. The number of cyclic esters (lactones) is 1. The van der Waals surface area contributed by atoms with E-state index in [9.17, 15) is 36.2 Å². The van der Waals surface area contributed by atoms with Crippen LogP contribution < -0.4 is 0 Å². The molecule has 1 rings (SSSR count). The van der Waals surface area contributed by atoms with Gasteiger partial charge in [0.2, 0.25) is 0 Å². The molecule has 0 spiro atoms. The summed E-state index contributed by atoms with van der Waals surface area (Å²) in [7, 11) is 0. The van der Waals surface area contributed by atoms with Crippen molar-refractivity contribution in [2.75, 3.05) is 0 Å². The van der Waals surface area contributed by atoms with Gasteiger partial charge in [0.05, 0.1) is 5.92 Å². The van der Waals surface area contributed by atoms with Gasteiger partial charge in [-0.25, -0.2) is 4.79 Å². The van der Waals surface area contributed by atoms with E-state index in [1.165, 1.54) is 0 Å². The van der Waals surface area contributed by atoms with E-state index in [0.29, 0.717) is 12.8 Å². The lowest BCUT2D eigenvalue weighted by Gasteiger charge is -2.36. The molecule has 1 saturated heterocycles. The molecule has 20 heavy (non-hydrogen) atoms. The summed E-state index contributed by atoms with van der Waals surface area (Å²) in [5, 5.41) is 9.34. The maximum absolute atomic E-state index is 12.9. The van der Waals surface area contributed by atoms with Crippen LogP contribution in [0.15, 0.2) is 0 Å². The highest BCUT2D eigenvalue weighted by Crippen LogP contribution is 2.55. The number of esters is 1. The molecule has 0 amide bonds. The quantitative estimate of drug-likeness (QED) is 0.493. The lowest BCUT2D eigenvalue weighted by Crippen LogP contribution is -2.61. The van der Waals surface area contributed by atoms with Crippen LogP contribution in [0.2, 0.25) is 0 Å². The second-order valence-electron chi connectivity index (χ2n) is 4.70. The molecule has 1 aliphatic heterocycles. The zero-order valence-corrected chi connectivity index (χ0v) is 10.5. The number of carbonyl (C=O) groups is 1. The Morgan fingerprint density at radius 2 is 1.65 bits per heavy atom. The molecule has 1 fully saturated rings. The molecule has 0 radical (unpaired) electrons. The van der Waals surface area contributed by atoms with Gasteiger partial charge in [0.1, 0.15) is 0 Å². The van der Waals surface area contributed by atoms with Gasteiger partial charge in [-0.2, -0.15) is 26.3 Å². The maximum atomic E-state index is 12.9. The van der Waals surface area contributed by atoms with Gasteiger partial charge in [0, 0.05) is 0 Å². The number of aliphatic hydroxyl groups excluding tert-OH is 1. The van der Waals surface area contributed by atoms with Crippen LogP contribution in [-0.2, 0) is 9.53 Å². The van der Waals surface area contributed by atoms with Crippen LogP contribution in [0.25, 0.3) is 0 Å². The molecule has 0 aliphatic carbocycles. The molecule has 1 N–H and O–H groups in total. The summed E-state index contributed by atoms with van der Waals surface area (Å²) in [6.45, 7) is 1.72. The number of unbranched alkanes of at least 4 members (excludes halogenated alkanes) is 2. The van der Waals surface area contributed by atoms with Crippen LogP contribution in [0.1, 0.15) is 32.6 Å². The lowest BCUT2D eigenvalue weighted by molar-refractivity contribution is -0.375. The first-order valence-corrected chi connectivity index (χ1v) is 6.03. The lowest BCUT2D eigenvalue weighted by atomic mass is 9.80. The van der Waals surface area contributed by atoms with Crippen LogP contribution in [0, 0.1) is 5.92 Å². The van der Waals surface area contributed by atoms with Gasteiger partial charge in [0.15, 0.2) is 6.10 Å². The van der Waals surface area contributed by atoms with Crippen LogP contribution >= 0.6 is 0 Å². The van der Waals surface area contributed by atoms with Crippen LogP contribution in [0.4, 0.5) is 26.3 Å². The second-order valence-corrected chi connectivity index (χ2v) is 4.70. The summed E-state index contributed by atoms with van der Waals surface area (Å²) in [5.74, 6) is -4.26. The van der Waals surface area contributed by atoms with Crippen molar-refractivity contribution in [2.24, 2.45) is 5.92 Å². The van der Waals surface area contributed by atoms with Gasteiger partial charge >= 0.3 is 23.9 Å². The predicted molar refractivity (Wildman–Crippen MR) is 54.6 cm³/mol. The van der Waals surface area contributed by atoms with Crippen molar-refractivity contribution in [1.29, 1.82) is 0 Å². The SMILES string of the molecule is CCCCC[C@@H]1[C@H](O)C(=O)OC1(C(F)(F)F)C(F)(F)F. The van der Waals surface area contributed by atoms with E-state index in [1.807, 2.05) is 0 Å². The highest BCUT2D eigenvalue weighted by atomic mass is 19.4. The minimum atomic E-state index is -5.84. The first-order valence-electron chi connectivity index (χ1n) is 6.03. The smallest absolute Gasteiger partial charge is 0.437 e. The van der Waals surface area contributed by atoms with Crippen molar-refractivity contribution in [3.63, 3.8) is 0 Å². The molecule has 1 heterocycles. The Hall–Kier alpha value is -0.990. The van der Waals surface area contributed by atoms with E-state index in [-0.39, 0.29) is 6.42 Å². The Labute approximate surface area is 110 Å². The van der Waals surface area contributed by atoms with Gasteiger partial charge < -0.3 is 9.84 Å². The summed E-state index contributed by atoms with van der Waals surface area (Å²) >= 11 is 0. The molecule has 0 aromatic rings. The molecule has 0 aromatic carbocycles. The minimum absolute atomic E-state index is 0.0305. The van der Waals surface area contributed by atoms with Gasteiger partial charge in [0.25, 0.3) is 0 Å². The maximum Gasteiger partial charge on any atom is 0.437 e. The van der Waals surface area contributed by atoms with E-state index in [4.69, 9.17) is 0 Å². The largest absolute Gasteiger partial charge is 0.437 e. The minimum Gasteiger partial charge on any atom is -0.437 e. The van der Waals surface area contributed by atoms with Crippen LogP contribution in [0.3, 0.4) is 0 Å². The fraction of sp³-hybridized carbons (Fsp3) is 0.909. The van der Waals surface area contributed by atoms with Gasteiger partial charge in [-0.15, -0.1) is 0 Å². The van der Waals surface area contributed by atoms with Gasteiger partial charge in [-0.1, -0.05) is 26.2 Å². The average Bonchev–Trinajstić information content (AvgIpc) is 2.53. The second kappa shape index (κ2) is 5.42. The van der Waals surface area contributed by atoms with E-state index >= 15 is 0 Å². The highest BCUT2D eigenvalue weighted by molar-refractivity contribution is 5.78. The predicted octanol–water partition coefficient (Wildman–Crippen LogP) is 2.96. The average molecular weight is 308 g/mol. The summed E-state index contributed by atoms with van der Waals surface area (Å²) in [6, 6.07) is 0. The van der Waals surface area contributed by atoms with Crippen molar-refractivity contribution in [1.82, 2.24) is 0 Å². The molecule has 1 aliphatic rings. The Balaban J connectivity index is 3.21. The Morgan fingerprint density at radius 1 is 1.15 bits per heavy atom. The van der Waals surface area contributed by atoms with Crippen molar-refractivity contribution in [3.05, 3.63) is 0 Å². The van der Waals surface area contributed by atoms with Crippen molar-refractivity contribution < 1.29 is 41.0 Å². The number of aliphatic hydroxyl groups is 1. The Morgan fingerprint density at radius 3 is 2.05 bits per heavy atom. The molecule has 0 unspecified atom stereocenters. The Bertz CT molecular complexity index is 348. The third-order valence-corrected chi connectivity index (χ3v) is 3.37. The monoisotopic (exact) mass is 308 g/mol. The van der Waals surface area contributed by atoms with Gasteiger partial charge in [-0.05, 0) is 6.42 Å². The first kappa shape index (κ1) is 17.1. The van der Waals surface area contributed by atoms with E-state index < -0.39 is 42.4 Å².